The number of nitrogens with zero attached hydrogens (tertiary/aromatic N) is 4. The standard InChI is InChI=1S/C17H17F3N4O/c1-8(2)24-16(14-12-4-11(25)5-13(12)14)22-15(23-24)9-3-10(7-21-6-9)17(18,19)20/h3,6-8,12-14H,4-5H2,1-2H3. The molecule has 2 aliphatic carbocycles. The smallest absolute Gasteiger partial charge is 0.300 e. The summed E-state index contributed by atoms with van der Waals surface area (Å²) < 4.78 is 40.5. The Morgan fingerprint density at radius 3 is 2.48 bits per heavy atom. The molecule has 2 aromatic heterocycles. The Kier molecular flexibility index (Phi) is 3.49. The van der Waals surface area contributed by atoms with Gasteiger partial charge in [0.2, 0.25) is 0 Å². The minimum absolute atomic E-state index is 0.0343. The fourth-order valence-corrected chi connectivity index (χ4v) is 3.78. The van der Waals surface area contributed by atoms with Gasteiger partial charge in [0.1, 0.15) is 11.6 Å². The molecule has 2 aromatic rings. The van der Waals surface area contributed by atoms with Crippen LogP contribution in [0.5, 0.6) is 0 Å². The van der Waals surface area contributed by atoms with E-state index in [9.17, 15) is 18.0 Å². The van der Waals surface area contributed by atoms with Crippen molar-refractivity contribution in [3.63, 3.8) is 0 Å². The molecule has 0 bridgehead atoms. The molecule has 25 heavy (non-hydrogen) atoms. The number of aromatic nitrogens is 4. The summed E-state index contributed by atoms with van der Waals surface area (Å²) in [6, 6.07) is 1.06. The van der Waals surface area contributed by atoms with Gasteiger partial charge in [0.15, 0.2) is 5.82 Å². The van der Waals surface area contributed by atoms with Crippen LogP contribution in [0.3, 0.4) is 0 Å². The Morgan fingerprint density at radius 1 is 1.20 bits per heavy atom. The van der Waals surface area contributed by atoms with E-state index in [0.717, 1.165) is 18.1 Å². The summed E-state index contributed by atoms with van der Waals surface area (Å²) in [6.07, 6.45) is -1.18. The molecule has 0 aliphatic heterocycles. The number of alkyl halides is 3. The van der Waals surface area contributed by atoms with E-state index >= 15 is 0 Å². The predicted molar refractivity (Wildman–Crippen MR) is 82.6 cm³/mol. The van der Waals surface area contributed by atoms with Crippen molar-refractivity contribution >= 4 is 5.78 Å². The van der Waals surface area contributed by atoms with Crippen molar-refractivity contribution in [2.75, 3.05) is 0 Å². The van der Waals surface area contributed by atoms with E-state index in [1.807, 2.05) is 13.8 Å². The third kappa shape index (κ3) is 2.73. The van der Waals surface area contributed by atoms with Crippen LogP contribution in [0.4, 0.5) is 13.2 Å². The van der Waals surface area contributed by atoms with Gasteiger partial charge in [0, 0.05) is 42.8 Å². The molecule has 2 heterocycles. The fourth-order valence-electron chi connectivity index (χ4n) is 3.78. The summed E-state index contributed by atoms with van der Waals surface area (Å²) in [7, 11) is 0. The zero-order valence-electron chi connectivity index (χ0n) is 13.8. The molecule has 0 radical (unpaired) electrons. The third-order valence-corrected chi connectivity index (χ3v) is 5.03. The number of fused-ring (bicyclic) bond motifs is 1. The summed E-state index contributed by atoms with van der Waals surface area (Å²) in [5, 5.41) is 4.42. The number of halogens is 3. The number of pyridine rings is 1. The van der Waals surface area contributed by atoms with Gasteiger partial charge in [0.25, 0.3) is 0 Å². The maximum absolute atomic E-state index is 12.9. The van der Waals surface area contributed by atoms with E-state index in [-0.39, 0.29) is 29.1 Å². The first-order chi connectivity index (χ1) is 11.8. The predicted octanol–water partition coefficient (Wildman–Crippen LogP) is 3.63. The first-order valence-electron chi connectivity index (χ1n) is 8.26. The van der Waals surface area contributed by atoms with Gasteiger partial charge in [-0.2, -0.15) is 18.3 Å². The van der Waals surface area contributed by atoms with Gasteiger partial charge in [0.05, 0.1) is 5.56 Å². The Morgan fingerprint density at radius 2 is 1.88 bits per heavy atom. The van der Waals surface area contributed by atoms with Crippen LogP contribution >= 0.6 is 0 Å². The Balaban J connectivity index is 1.70. The van der Waals surface area contributed by atoms with Crippen LogP contribution in [0.2, 0.25) is 0 Å². The lowest BCUT2D eigenvalue weighted by Gasteiger charge is -2.09. The molecule has 8 heteroatoms. The van der Waals surface area contributed by atoms with Gasteiger partial charge in [-0.1, -0.05) is 0 Å². The minimum atomic E-state index is -4.46. The maximum Gasteiger partial charge on any atom is 0.417 e. The molecule has 0 spiro atoms. The van der Waals surface area contributed by atoms with Gasteiger partial charge in [-0.25, -0.2) is 9.67 Å². The van der Waals surface area contributed by atoms with E-state index in [1.165, 1.54) is 6.20 Å². The number of hydrogen-bond donors (Lipinski definition) is 0. The maximum atomic E-state index is 12.9. The molecule has 2 unspecified atom stereocenters. The summed E-state index contributed by atoms with van der Waals surface area (Å²) in [4.78, 5) is 19.7. The second-order valence-electron chi connectivity index (χ2n) is 7.09. The van der Waals surface area contributed by atoms with Crippen LogP contribution < -0.4 is 0 Å². The van der Waals surface area contributed by atoms with E-state index in [0.29, 0.717) is 24.7 Å². The van der Waals surface area contributed by atoms with Crippen LogP contribution in [0.25, 0.3) is 11.4 Å². The van der Waals surface area contributed by atoms with Crippen molar-refractivity contribution in [2.24, 2.45) is 11.8 Å². The van der Waals surface area contributed by atoms with Crippen LogP contribution in [0, 0.1) is 11.8 Å². The van der Waals surface area contributed by atoms with Crippen molar-refractivity contribution < 1.29 is 18.0 Å². The number of ketones is 1. The molecule has 2 aliphatic rings. The summed E-state index contributed by atoms with van der Waals surface area (Å²) in [5.41, 5.74) is -0.571. The Hall–Kier alpha value is -2.25. The third-order valence-electron chi connectivity index (χ3n) is 5.03. The quantitative estimate of drug-likeness (QED) is 0.848. The lowest BCUT2D eigenvalue weighted by atomic mass is 10.1. The second kappa shape index (κ2) is 5.37. The summed E-state index contributed by atoms with van der Waals surface area (Å²) in [5.74, 6) is 2.09. The van der Waals surface area contributed by atoms with Crippen LogP contribution in [-0.4, -0.2) is 25.5 Å². The van der Waals surface area contributed by atoms with Crippen molar-refractivity contribution in [3.05, 3.63) is 29.8 Å². The van der Waals surface area contributed by atoms with Crippen molar-refractivity contribution in [3.8, 4) is 11.4 Å². The normalized spacial score (nSPS) is 25.5. The highest BCUT2D eigenvalue weighted by Crippen LogP contribution is 2.61. The van der Waals surface area contributed by atoms with E-state index in [4.69, 9.17) is 0 Å². The summed E-state index contributed by atoms with van der Waals surface area (Å²) >= 11 is 0. The van der Waals surface area contributed by atoms with Gasteiger partial charge in [-0.05, 0) is 31.7 Å². The minimum Gasteiger partial charge on any atom is -0.300 e. The molecular formula is C17H17F3N4O. The molecule has 0 N–H and O–H groups in total. The molecule has 0 aromatic carbocycles. The highest BCUT2D eigenvalue weighted by molar-refractivity contribution is 5.83. The Labute approximate surface area is 142 Å². The zero-order valence-corrected chi connectivity index (χ0v) is 13.8. The van der Waals surface area contributed by atoms with E-state index in [1.54, 1.807) is 4.68 Å². The molecule has 4 rings (SSSR count). The largest absolute Gasteiger partial charge is 0.417 e. The first kappa shape index (κ1) is 16.2. The van der Waals surface area contributed by atoms with Crippen LogP contribution in [0.15, 0.2) is 18.5 Å². The number of carbonyl (C=O) groups excluding carboxylic acids is 1. The van der Waals surface area contributed by atoms with Gasteiger partial charge >= 0.3 is 6.18 Å². The van der Waals surface area contributed by atoms with E-state index in [2.05, 4.69) is 15.1 Å². The molecular weight excluding hydrogens is 333 g/mol. The van der Waals surface area contributed by atoms with Crippen molar-refractivity contribution in [1.29, 1.82) is 0 Å². The zero-order chi connectivity index (χ0) is 17.9. The van der Waals surface area contributed by atoms with Crippen molar-refractivity contribution in [1.82, 2.24) is 19.7 Å². The topological polar surface area (TPSA) is 60.7 Å². The number of rotatable bonds is 3. The lowest BCUT2D eigenvalue weighted by Crippen LogP contribution is -2.10. The molecule has 0 saturated heterocycles. The number of carbonyl (C=O) groups is 1. The molecule has 2 saturated carbocycles. The highest BCUT2D eigenvalue weighted by Gasteiger charge is 2.58. The number of hydrogen-bond acceptors (Lipinski definition) is 4. The monoisotopic (exact) mass is 350 g/mol. The van der Waals surface area contributed by atoms with Crippen molar-refractivity contribution in [2.45, 2.75) is 44.8 Å². The van der Waals surface area contributed by atoms with Crippen LogP contribution in [-0.2, 0) is 11.0 Å². The number of Topliss-reactive ketones (excluding diaryl/α,β-unsaturated/α-hetero) is 1. The van der Waals surface area contributed by atoms with Gasteiger partial charge in [-0.3, -0.25) is 9.78 Å². The highest BCUT2D eigenvalue weighted by atomic mass is 19.4. The lowest BCUT2D eigenvalue weighted by molar-refractivity contribution is -0.137. The first-order valence-corrected chi connectivity index (χ1v) is 8.26. The van der Waals surface area contributed by atoms with E-state index < -0.39 is 11.7 Å². The SMILES string of the molecule is CC(C)n1nc(-c2cncc(C(F)(F)F)c2)nc1C1C2CC(=O)CC21. The molecule has 2 atom stereocenters. The summed E-state index contributed by atoms with van der Waals surface area (Å²) in [6.45, 7) is 3.91. The second-order valence-corrected chi connectivity index (χ2v) is 7.09. The fraction of sp³-hybridized carbons (Fsp3) is 0.529. The van der Waals surface area contributed by atoms with Gasteiger partial charge < -0.3 is 0 Å². The van der Waals surface area contributed by atoms with Gasteiger partial charge in [-0.15, -0.1) is 0 Å². The van der Waals surface area contributed by atoms with Crippen LogP contribution in [0.1, 0.15) is 50.0 Å². The molecule has 132 valence electrons. The Bertz CT molecular complexity index is 829. The molecule has 2 fully saturated rings. The molecule has 5 nitrogen and oxygen atoms in total. The average molecular weight is 350 g/mol. The average Bonchev–Trinajstić information content (AvgIpc) is 2.90. The molecule has 0 amide bonds.